The van der Waals surface area contributed by atoms with Gasteiger partial charge in [0, 0.05) is 17.8 Å². The number of nitrogens with zero attached hydrogens (tertiary/aromatic N) is 1. The number of hydrogen-bond donors (Lipinski definition) is 1. The highest BCUT2D eigenvalue weighted by atomic mass is 19.1. The van der Waals surface area contributed by atoms with Gasteiger partial charge >= 0.3 is 0 Å². The fraction of sp³-hybridized carbons (Fsp3) is 0.188. The molecular formula is C16H15FN2O. The molecule has 0 atom stereocenters. The first-order valence-electron chi connectivity index (χ1n) is 6.22. The number of nitrogens with two attached hydrogens (primary N) is 1. The van der Waals surface area contributed by atoms with Gasteiger partial charge in [0.15, 0.2) is 0 Å². The van der Waals surface area contributed by atoms with Crippen LogP contribution in [-0.4, -0.2) is 11.5 Å². The highest BCUT2D eigenvalue weighted by Crippen LogP contribution is 2.17. The lowest BCUT2D eigenvalue weighted by molar-refractivity contribution is 0.299. The van der Waals surface area contributed by atoms with Gasteiger partial charge in [0.1, 0.15) is 18.2 Å². The summed E-state index contributed by atoms with van der Waals surface area (Å²) in [6.45, 7) is 2.48. The van der Waals surface area contributed by atoms with Gasteiger partial charge in [0.25, 0.3) is 0 Å². The molecule has 1 heterocycles. The Morgan fingerprint density at radius 3 is 2.95 bits per heavy atom. The Bertz CT molecular complexity index is 659. The maximum atomic E-state index is 13.5. The first kappa shape index (κ1) is 14.0. The molecule has 2 N–H and O–H groups in total. The van der Waals surface area contributed by atoms with Crippen LogP contribution in [0, 0.1) is 24.6 Å². The number of ether oxygens (including phenoxy) is 1. The summed E-state index contributed by atoms with van der Waals surface area (Å²) < 4.78 is 19.0. The van der Waals surface area contributed by atoms with Gasteiger partial charge < -0.3 is 10.5 Å². The zero-order valence-electron chi connectivity index (χ0n) is 11.2. The Morgan fingerprint density at radius 1 is 1.35 bits per heavy atom. The largest absolute Gasteiger partial charge is 0.487 e. The minimum absolute atomic E-state index is 0.236. The van der Waals surface area contributed by atoms with Crippen LogP contribution < -0.4 is 10.5 Å². The molecule has 0 aliphatic heterocycles. The monoisotopic (exact) mass is 270 g/mol. The summed E-state index contributed by atoms with van der Waals surface area (Å²) in [5, 5.41) is 0. The van der Waals surface area contributed by atoms with Crippen molar-refractivity contribution in [3.8, 4) is 17.6 Å². The fourth-order valence-corrected chi connectivity index (χ4v) is 1.69. The van der Waals surface area contributed by atoms with Crippen LogP contribution in [-0.2, 0) is 6.61 Å². The highest BCUT2D eigenvalue weighted by molar-refractivity contribution is 5.40. The van der Waals surface area contributed by atoms with Gasteiger partial charge in [-0.15, -0.1) is 0 Å². The Balaban J connectivity index is 2.13. The van der Waals surface area contributed by atoms with E-state index in [1.54, 1.807) is 12.3 Å². The number of rotatable bonds is 3. The molecule has 0 radical (unpaired) electrons. The van der Waals surface area contributed by atoms with Crippen LogP contribution in [0.4, 0.5) is 4.39 Å². The lowest BCUT2D eigenvalue weighted by Crippen LogP contribution is -2.01. The van der Waals surface area contributed by atoms with Crippen molar-refractivity contribution in [3.63, 3.8) is 0 Å². The van der Waals surface area contributed by atoms with Crippen LogP contribution in [0.15, 0.2) is 36.5 Å². The highest BCUT2D eigenvalue weighted by Gasteiger charge is 2.03. The summed E-state index contributed by atoms with van der Waals surface area (Å²) in [5.41, 5.74) is 7.70. The predicted octanol–water partition coefficient (Wildman–Crippen LogP) is 2.42. The zero-order chi connectivity index (χ0) is 14.4. The molecule has 0 saturated heterocycles. The SMILES string of the molecule is Cc1cccnc1COc1cc(F)cc(C#CCN)c1. The maximum absolute atomic E-state index is 13.5. The Hall–Kier alpha value is -2.38. The molecule has 20 heavy (non-hydrogen) atoms. The summed E-state index contributed by atoms with van der Waals surface area (Å²) in [6, 6.07) is 8.18. The molecule has 3 nitrogen and oxygen atoms in total. The molecular weight excluding hydrogens is 255 g/mol. The first-order chi connectivity index (χ1) is 9.69. The van der Waals surface area contributed by atoms with E-state index >= 15 is 0 Å². The van der Waals surface area contributed by atoms with Crippen LogP contribution in [0.5, 0.6) is 5.75 Å². The van der Waals surface area contributed by atoms with E-state index in [-0.39, 0.29) is 12.4 Å². The molecule has 0 aliphatic rings. The van der Waals surface area contributed by atoms with Crippen molar-refractivity contribution in [1.29, 1.82) is 0 Å². The average molecular weight is 270 g/mol. The van der Waals surface area contributed by atoms with Crippen molar-refractivity contribution in [1.82, 2.24) is 4.98 Å². The number of halogens is 1. The van der Waals surface area contributed by atoms with E-state index in [4.69, 9.17) is 10.5 Å². The van der Waals surface area contributed by atoms with Crippen molar-refractivity contribution in [2.24, 2.45) is 5.73 Å². The second-order valence-electron chi connectivity index (χ2n) is 4.24. The average Bonchev–Trinajstić information content (AvgIpc) is 2.44. The molecule has 0 fully saturated rings. The number of pyridine rings is 1. The standard InChI is InChI=1S/C16H15FN2O/c1-12-4-3-7-19-16(12)11-20-15-9-13(5-2-6-18)8-14(17)10-15/h3-4,7-10H,6,11,18H2,1H3. The van der Waals surface area contributed by atoms with E-state index < -0.39 is 0 Å². The molecule has 0 aliphatic carbocycles. The third-order valence-electron chi connectivity index (χ3n) is 2.70. The van der Waals surface area contributed by atoms with Crippen LogP contribution in [0.2, 0.25) is 0 Å². The van der Waals surface area contributed by atoms with Crippen molar-refractivity contribution in [2.45, 2.75) is 13.5 Å². The molecule has 2 rings (SSSR count). The van der Waals surface area contributed by atoms with Gasteiger partial charge in [-0.3, -0.25) is 4.98 Å². The topological polar surface area (TPSA) is 48.1 Å². The van der Waals surface area contributed by atoms with Gasteiger partial charge in [0.2, 0.25) is 0 Å². The summed E-state index contributed by atoms with van der Waals surface area (Å²) in [6.07, 6.45) is 1.70. The molecule has 1 aromatic heterocycles. The number of hydrogen-bond acceptors (Lipinski definition) is 3. The lowest BCUT2D eigenvalue weighted by Gasteiger charge is -2.08. The lowest BCUT2D eigenvalue weighted by atomic mass is 10.2. The zero-order valence-corrected chi connectivity index (χ0v) is 11.2. The number of benzene rings is 1. The Kier molecular flexibility index (Phi) is 4.70. The molecule has 0 unspecified atom stereocenters. The summed E-state index contributed by atoms with van der Waals surface area (Å²) in [4.78, 5) is 4.22. The van der Waals surface area contributed by atoms with Crippen LogP contribution in [0.1, 0.15) is 16.8 Å². The summed E-state index contributed by atoms with van der Waals surface area (Å²) in [7, 11) is 0. The molecule has 0 bridgehead atoms. The second-order valence-corrected chi connectivity index (χ2v) is 4.24. The maximum Gasteiger partial charge on any atom is 0.130 e. The van der Waals surface area contributed by atoms with Gasteiger partial charge in [0.05, 0.1) is 12.2 Å². The quantitative estimate of drug-likeness (QED) is 0.871. The van der Waals surface area contributed by atoms with Gasteiger partial charge in [-0.1, -0.05) is 17.9 Å². The van der Waals surface area contributed by atoms with E-state index in [2.05, 4.69) is 16.8 Å². The van der Waals surface area contributed by atoms with E-state index in [0.717, 1.165) is 11.3 Å². The van der Waals surface area contributed by atoms with Crippen LogP contribution in [0.3, 0.4) is 0 Å². The van der Waals surface area contributed by atoms with E-state index in [1.807, 2.05) is 19.1 Å². The first-order valence-corrected chi connectivity index (χ1v) is 6.22. The van der Waals surface area contributed by atoms with Crippen molar-refractivity contribution in [2.75, 3.05) is 6.54 Å². The minimum Gasteiger partial charge on any atom is -0.487 e. The van der Waals surface area contributed by atoms with Gasteiger partial charge in [-0.25, -0.2) is 4.39 Å². The predicted molar refractivity (Wildman–Crippen MR) is 75.6 cm³/mol. The van der Waals surface area contributed by atoms with Crippen LogP contribution in [0.25, 0.3) is 0 Å². The minimum atomic E-state index is -0.387. The molecule has 2 aromatic rings. The summed E-state index contributed by atoms with van der Waals surface area (Å²) >= 11 is 0. The van der Waals surface area contributed by atoms with E-state index in [0.29, 0.717) is 17.9 Å². The third kappa shape index (κ3) is 3.81. The van der Waals surface area contributed by atoms with Crippen molar-refractivity contribution < 1.29 is 9.13 Å². The number of aryl methyl sites for hydroxylation is 1. The molecule has 0 amide bonds. The smallest absolute Gasteiger partial charge is 0.130 e. The summed E-state index contributed by atoms with van der Waals surface area (Å²) in [5.74, 6) is 5.51. The van der Waals surface area contributed by atoms with Crippen LogP contribution >= 0.6 is 0 Å². The van der Waals surface area contributed by atoms with Gasteiger partial charge in [-0.2, -0.15) is 0 Å². The van der Waals surface area contributed by atoms with Gasteiger partial charge in [-0.05, 0) is 30.7 Å². The second kappa shape index (κ2) is 6.69. The normalized spacial score (nSPS) is 9.75. The van der Waals surface area contributed by atoms with E-state index in [1.165, 1.54) is 12.1 Å². The molecule has 102 valence electrons. The molecule has 0 spiro atoms. The third-order valence-corrected chi connectivity index (χ3v) is 2.70. The molecule has 0 saturated carbocycles. The Labute approximate surface area is 117 Å². The van der Waals surface area contributed by atoms with Crippen molar-refractivity contribution in [3.05, 3.63) is 59.2 Å². The fourth-order valence-electron chi connectivity index (χ4n) is 1.69. The number of aromatic nitrogens is 1. The molecule has 4 heteroatoms. The van der Waals surface area contributed by atoms with E-state index in [9.17, 15) is 4.39 Å². The van der Waals surface area contributed by atoms with Crippen molar-refractivity contribution >= 4 is 0 Å². The Morgan fingerprint density at radius 2 is 2.20 bits per heavy atom. The molecule has 1 aromatic carbocycles.